The van der Waals surface area contributed by atoms with Gasteiger partial charge in [0.2, 0.25) is 17.6 Å². The van der Waals surface area contributed by atoms with Gasteiger partial charge in [-0.15, -0.1) is 0 Å². The van der Waals surface area contributed by atoms with Crippen LogP contribution in [-0.4, -0.2) is 27.5 Å². The molecule has 0 radical (unpaired) electrons. The molecule has 4 rings (SSSR count). The zero-order valence-electron chi connectivity index (χ0n) is 15.0. The first-order chi connectivity index (χ1) is 12.6. The summed E-state index contributed by atoms with van der Waals surface area (Å²) in [6.07, 6.45) is 0.418. The van der Waals surface area contributed by atoms with Gasteiger partial charge in [0, 0.05) is 25.1 Å². The van der Waals surface area contributed by atoms with E-state index in [-0.39, 0.29) is 11.8 Å². The molecular formula is C21H21N3O2. The van der Waals surface area contributed by atoms with Gasteiger partial charge in [-0.05, 0) is 36.6 Å². The Labute approximate surface area is 152 Å². The van der Waals surface area contributed by atoms with Crippen LogP contribution in [0.15, 0.2) is 53.1 Å². The van der Waals surface area contributed by atoms with Crippen molar-refractivity contribution in [2.75, 3.05) is 6.54 Å². The largest absolute Gasteiger partial charge is 0.339 e. The Balaban J connectivity index is 1.49. The van der Waals surface area contributed by atoms with Gasteiger partial charge in [-0.3, -0.25) is 4.79 Å². The van der Waals surface area contributed by atoms with Gasteiger partial charge in [0.15, 0.2) is 0 Å². The fourth-order valence-corrected chi connectivity index (χ4v) is 3.29. The minimum atomic E-state index is -0.0426. The Kier molecular flexibility index (Phi) is 4.29. The predicted octanol–water partition coefficient (Wildman–Crippen LogP) is 3.87. The summed E-state index contributed by atoms with van der Waals surface area (Å²) in [6.45, 7) is 5.37. The van der Waals surface area contributed by atoms with Crippen molar-refractivity contribution >= 4 is 5.91 Å². The summed E-state index contributed by atoms with van der Waals surface area (Å²) in [5, 5.41) is 4.12. The second-order valence-corrected chi connectivity index (χ2v) is 6.92. The van der Waals surface area contributed by atoms with Crippen LogP contribution in [0.5, 0.6) is 0 Å². The molecule has 132 valence electrons. The van der Waals surface area contributed by atoms with Crippen molar-refractivity contribution in [1.82, 2.24) is 15.0 Å². The van der Waals surface area contributed by atoms with Crippen molar-refractivity contribution in [2.45, 2.75) is 32.7 Å². The number of benzene rings is 2. The lowest BCUT2D eigenvalue weighted by atomic mass is 10.1. The number of carbonyl (C=O) groups excluding carboxylic acids is 1. The lowest BCUT2D eigenvalue weighted by Crippen LogP contribution is -2.24. The third-order valence-electron chi connectivity index (χ3n) is 4.99. The summed E-state index contributed by atoms with van der Waals surface area (Å²) >= 11 is 0. The van der Waals surface area contributed by atoms with Crippen LogP contribution in [-0.2, 0) is 11.3 Å². The highest BCUT2D eigenvalue weighted by molar-refractivity contribution is 5.79. The van der Waals surface area contributed by atoms with Gasteiger partial charge in [-0.2, -0.15) is 4.98 Å². The minimum absolute atomic E-state index is 0.0426. The Hall–Kier alpha value is -2.95. The van der Waals surface area contributed by atoms with Crippen molar-refractivity contribution in [3.05, 3.63) is 71.1 Å². The molecule has 0 saturated carbocycles. The van der Waals surface area contributed by atoms with Gasteiger partial charge in [-0.1, -0.05) is 47.6 Å². The normalized spacial score (nSPS) is 17.1. The monoisotopic (exact) mass is 347 g/mol. The lowest BCUT2D eigenvalue weighted by Gasteiger charge is -2.15. The molecule has 0 aliphatic carbocycles. The van der Waals surface area contributed by atoms with Gasteiger partial charge in [0.05, 0.1) is 5.92 Å². The number of likely N-dealkylation sites (tertiary alicyclic amines) is 1. The number of aromatic nitrogens is 2. The van der Waals surface area contributed by atoms with Gasteiger partial charge in [0.1, 0.15) is 0 Å². The molecule has 2 heterocycles. The van der Waals surface area contributed by atoms with Crippen LogP contribution in [0.1, 0.15) is 34.9 Å². The molecule has 5 nitrogen and oxygen atoms in total. The molecule has 26 heavy (non-hydrogen) atoms. The summed E-state index contributed by atoms with van der Waals surface area (Å²) in [5.41, 5.74) is 4.49. The molecule has 0 bridgehead atoms. The third-order valence-corrected chi connectivity index (χ3v) is 4.99. The fourth-order valence-electron chi connectivity index (χ4n) is 3.29. The van der Waals surface area contributed by atoms with Gasteiger partial charge in [-0.25, -0.2) is 0 Å². The predicted molar refractivity (Wildman–Crippen MR) is 98.4 cm³/mol. The zero-order valence-corrected chi connectivity index (χ0v) is 15.0. The van der Waals surface area contributed by atoms with Crippen molar-refractivity contribution in [2.24, 2.45) is 0 Å². The van der Waals surface area contributed by atoms with E-state index in [2.05, 4.69) is 36.1 Å². The maximum absolute atomic E-state index is 12.4. The minimum Gasteiger partial charge on any atom is -0.339 e. The molecule has 1 amide bonds. The first kappa shape index (κ1) is 16.5. The molecule has 5 heteroatoms. The van der Waals surface area contributed by atoms with E-state index in [1.807, 2.05) is 41.3 Å². The molecule has 3 aromatic rings. The van der Waals surface area contributed by atoms with Gasteiger partial charge in [0.25, 0.3) is 0 Å². The number of hydrogen-bond acceptors (Lipinski definition) is 4. The highest BCUT2D eigenvalue weighted by atomic mass is 16.5. The molecule has 0 N–H and O–H groups in total. The van der Waals surface area contributed by atoms with Crippen molar-refractivity contribution < 1.29 is 9.32 Å². The summed E-state index contributed by atoms with van der Waals surface area (Å²) < 4.78 is 5.48. The Morgan fingerprint density at radius 1 is 1.12 bits per heavy atom. The fraction of sp³-hybridized carbons (Fsp3) is 0.286. The molecule has 1 unspecified atom stereocenters. The van der Waals surface area contributed by atoms with E-state index in [1.54, 1.807) is 0 Å². The Bertz CT molecular complexity index is 933. The Morgan fingerprint density at radius 3 is 2.69 bits per heavy atom. The summed E-state index contributed by atoms with van der Waals surface area (Å²) in [5.74, 6) is 1.21. The van der Waals surface area contributed by atoms with E-state index < -0.39 is 0 Å². The molecule has 0 spiro atoms. The third kappa shape index (κ3) is 3.25. The van der Waals surface area contributed by atoms with E-state index >= 15 is 0 Å². The van der Waals surface area contributed by atoms with E-state index in [4.69, 9.17) is 4.52 Å². The van der Waals surface area contributed by atoms with Crippen molar-refractivity contribution in [1.29, 1.82) is 0 Å². The maximum Gasteiger partial charge on any atom is 0.232 e. The molecule has 1 fully saturated rings. The van der Waals surface area contributed by atoms with Gasteiger partial charge >= 0.3 is 0 Å². The summed E-state index contributed by atoms with van der Waals surface area (Å²) in [7, 11) is 0. The van der Waals surface area contributed by atoms with Crippen LogP contribution < -0.4 is 0 Å². The average Bonchev–Trinajstić information content (AvgIpc) is 3.26. The van der Waals surface area contributed by atoms with Crippen LogP contribution in [0.3, 0.4) is 0 Å². The average molecular weight is 347 g/mol. The molecular weight excluding hydrogens is 326 g/mol. The molecule has 2 aromatic carbocycles. The number of rotatable bonds is 4. The summed E-state index contributed by atoms with van der Waals surface area (Å²) in [6, 6.07) is 16.1. The molecule has 1 aromatic heterocycles. The van der Waals surface area contributed by atoms with Crippen LogP contribution in [0.25, 0.3) is 11.4 Å². The molecule has 1 aliphatic rings. The first-order valence-electron chi connectivity index (χ1n) is 8.83. The second-order valence-electron chi connectivity index (χ2n) is 6.92. The highest BCUT2D eigenvalue weighted by Gasteiger charge is 2.34. The van der Waals surface area contributed by atoms with E-state index in [0.29, 0.717) is 31.2 Å². The van der Waals surface area contributed by atoms with E-state index in [9.17, 15) is 4.79 Å². The number of amides is 1. The molecule has 1 atom stereocenters. The molecule has 1 saturated heterocycles. The van der Waals surface area contributed by atoms with Crippen LogP contribution >= 0.6 is 0 Å². The van der Waals surface area contributed by atoms with Crippen LogP contribution in [0, 0.1) is 13.8 Å². The highest BCUT2D eigenvalue weighted by Crippen LogP contribution is 2.30. The quantitative estimate of drug-likeness (QED) is 0.719. The number of carbonyl (C=O) groups is 1. The standard InChI is InChI=1S/C21H21N3O2/c1-14-8-9-17(10-15(14)2)20-22-21(26-23-20)18-11-19(25)24(13-18)12-16-6-4-3-5-7-16/h3-10,18H,11-13H2,1-2H3. The van der Waals surface area contributed by atoms with E-state index in [1.165, 1.54) is 11.1 Å². The van der Waals surface area contributed by atoms with E-state index in [0.717, 1.165) is 11.1 Å². The first-order valence-corrected chi connectivity index (χ1v) is 8.83. The van der Waals surface area contributed by atoms with Gasteiger partial charge < -0.3 is 9.42 Å². The topological polar surface area (TPSA) is 59.2 Å². The smallest absolute Gasteiger partial charge is 0.232 e. The maximum atomic E-state index is 12.4. The Morgan fingerprint density at radius 2 is 1.92 bits per heavy atom. The van der Waals surface area contributed by atoms with Crippen LogP contribution in [0.4, 0.5) is 0 Å². The number of hydrogen-bond donors (Lipinski definition) is 0. The number of aryl methyl sites for hydroxylation is 2. The zero-order chi connectivity index (χ0) is 18.1. The van der Waals surface area contributed by atoms with Crippen molar-refractivity contribution in [3.63, 3.8) is 0 Å². The SMILES string of the molecule is Cc1ccc(-c2noc(C3CC(=O)N(Cc4ccccc4)C3)n2)cc1C. The van der Waals surface area contributed by atoms with Crippen LogP contribution in [0.2, 0.25) is 0 Å². The number of nitrogens with zero attached hydrogens (tertiary/aromatic N) is 3. The molecule has 1 aliphatic heterocycles. The van der Waals surface area contributed by atoms with Crippen molar-refractivity contribution in [3.8, 4) is 11.4 Å². The second kappa shape index (κ2) is 6.75. The lowest BCUT2D eigenvalue weighted by molar-refractivity contribution is -0.128. The summed E-state index contributed by atoms with van der Waals surface area (Å²) in [4.78, 5) is 18.8.